The summed E-state index contributed by atoms with van der Waals surface area (Å²) in [5, 5.41) is 3.28. The summed E-state index contributed by atoms with van der Waals surface area (Å²) in [6.07, 6.45) is 2.08. The Bertz CT molecular complexity index is 240. The highest BCUT2D eigenvalue weighted by Crippen LogP contribution is 2.31. The van der Waals surface area contributed by atoms with Gasteiger partial charge in [0.15, 0.2) is 0 Å². The zero-order chi connectivity index (χ0) is 7.24. The maximum atomic E-state index is 11.2. The quantitative estimate of drug-likeness (QED) is 0.530. The Hall–Kier alpha value is -0.0900. The van der Waals surface area contributed by atoms with Gasteiger partial charge in [-0.15, -0.1) is 0 Å². The van der Waals surface area contributed by atoms with Crippen molar-refractivity contribution in [2.24, 2.45) is 0 Å². The average Bonchev–Trinajstić information content (AvgIpc) is 2.04. The summed E-state index contributed by atoms with van der Waals surface area (Å²) in [5.41, 5.74) is 0.138. The van der Waals surface area contributed by atoms with Gasteiger partial charge in [0, 0.05) is 26.8 Å². The molecule has 2 rings (SSSR count). The predicted molar refractivity (Wildman–Crippen MR) is 40.6 cm³/mol. The zero-order valence-corrected chi connectivity index (χ0v) is 6.67. The molecule has 2 fully saturated rings. The van der Waals surface area contributed by atoms with Gasteiger partial charge in [-0.25, -0.2) is 4.21 Å². The van der Waals surface area contributed by atoms with E-state index in [-0.39, 0.29) is 5.54 Å². The first-order valence-electron chi connectivity index (χ1n) is 3.61. The molecule has 2 unspecified atom stereocenters. The SMILES string of the molecule is N=S1(=O)CCC2(CCN2)C1. The molecule has 0 aromatic carbocycles. The van der Waals surface area contributed by atoms with Crippen LogP contribution in [0.25, 0.3) is 0 Å². The summed E-state index contributed by atoms with van der Waals surface area (Å²) in [6.45, 7) is 1.05. The van der Waals surface area contributed by atoms with Gasteiger partial charge >= 0.3 is 0 Å². The van der Waals surface area contributed by atoms with Crippen molar-refractivity contribution in [1.82, 2.24) is 5.32 Å². The van der Waals surface area contributed by atoms with Gasteiger partial charge in [-0.1, -0.05) is 0 Å². The lowest BCUT2D eigenvalue weighted by Crippen LogP contribution is -2.57. The van der Waals surface area contributed by atoms with Crippen LogP contribution < -0.4 is 5.32 Å². The van der Waals surface area contributed by atoms with Crippen LogP contribution in [0, 0.1) is 4.78 Å². The first-order valence-corrected chi connectivity index (χ1v) is 5.51. The van der Waals surface area contributed by atoms with Gasteiger partial charge in [0.1, 0.15) is 0 Å². The Morgan fingerprint density at radius 3 is 2.40 bits per heavy atom. The fourth-order valence-electron chi connectivity index (χ4n) is 1.77. The van der Waals surface area contributed by atoms with E-state index < -0.39 is 9.73 Å². The maximum Gasteiger partial charge on any atom is 0.0498 e. The maximum absolute atomic E-state index is 11.2. The van der Waals surface area contributed by atoms with E-state index in [1.54, 1.807) is 0 Å². The highest BCUT2D eigenvalue weighted by molar-refractivity contribution is 7.92. The molecule has 0 aliphatic carbocycles. The van der Waals surface area contributed by atoms with Crippen LogP contribution in [0.3, 0.4) is 0 Å². The summed E-state index contributed by atoms with van der Waals surface area (Å²) >= 11 is 0. The fourth-order valence-corrected chi connectivity index (χ4v) is 3.91. The second kappa shape index (κ2) is 1.74. The molecule has 0 amide bonds. The van der Waals surface area contributed by atoms with E-state index in [9.17, 15) is 4.21 Å². The largest absolute Gasteiger partial charge is 0.310 e. The van der Waals surface area contributed by atoms with Crippen molar-refractivity contribution in [3.05, 3.63) is 0 Å². The monoisotopic (exact) mass is 160 g/mol. The number of hydrogen-bond donors (Lipinski definition) is 2. The molecule has 2 saturated heterocycles. The lowest BCUT2D eigenvalue weighted by atomic mass is 9.88. The third kappa shape index (κ3) is 0.864. The molecule has 0 aromatic heterocycles. The zero-order valence-electron chi connectivity index (χ0n) is 5.85. The van der Waals surface area contributed by atoms with E-state index in [0.717, 1.165) is 19.4 Å². The third-order valence-corrected chi connectivity index (χ3v) is 4.41. The Morgan fingerprint density at radius 1 is 1.50 bits per heavy atom. The van der Waals surface area contributed by atoms with Crippen LogP contribution in [-0.4, -0.2) is 27.8 Å². The normalized spacial score (nSPS) is 53.2. The molecule has 2 aliphatic rings. The van der Waals surface area contributed by atoms with Gasteiger partial charge < -0.3 is 5.32 Å². The molecule has 0 aromatic rings. The van der Waals surface area contributed by atoms with Crippen molar-refractivity contribution in [2.45, 2.75) is 18.4 Å². The molecule has 1 spiro atoms. The van der Waals surface area contributed by atoms with Crippen LogP contribution in [0.1, 0.15) is 12.8 Å². The highest BCUT2D eigenvalue weighted by atomic mass is 32.2. The fraction of sp³-hybridized carbons (Fsp3) is 1.00. The third-order valence-electron chi connectivity index (χ3n) is 2.52. The van der Waals surface area contributed by atoms with Crippen molar-refractivity contribution in [2.75, 3.05) is 18.1 Å². The summed E-state index contributed by atoms with van der Waals surface area (Å²) in [5.74, 6) is 1.21. The summed E-state index contributed by atoms with van der Waals surface area (Å²) in [6, 6.07) is 0. The van der Waals surface area contributed by atoms with Crippen LogP contribution >= 0.6 is 0 Å². The molecule has 0 bridgehead atoms. The molecule has 2 N–H and O–H groups in total. The molecule has 2 aliphatic heterocycles. The van der Waals surface area contributed by atoms with Crippen LogP contribution in [0.2, 0.25) is 0 Å². The first-order chi connectivity index (χ1) is 4.62. The lowest BCUT2D eigenvalue weighted by Gasteiger charge is -2.38. The minimum Gasteiger partial charge on any atom is -0.310 e. The number of hydrogen-bond acceptors (Lipinski definition) is 3. The van der Waals surface area contributed by atoms with Gasteiger partial charge in [-0.05, 0) is 19.4 Å². The number of nitrogens with one attached hydrogen (secondary N) is 2. The van der Waals surface area contributed by atoms with Gasteiger partial charge in [0.25, 0.3) is 0 Å². The molecule has 0 radical (unpaired) electrons. The lowest BCUT2D eigenvalue weighted by molar-refractivity contribution is 0.241. The predicted octanol–water partition coefficient (Wildman–Crippen LogP) is 0.169. The van der Waals surface area contributed by atoms with E-state index in [4.69, 9.17) is 4.78 Å². The van der Waals surface area contributed by atoms with Crippen LogP contribution in [0.15, 0.2) is 0 Å². The van der Waals surface area contributed by atoms with E-state index in [1.165, 1.54) is 0 Å². The van der Waals surface area contributed by atoms with Crippen molar-refractivity contribution >= 4 is 9.73 Å². The van der Waals surface area contributed by atoms with Crippen molar-refractivity contribution in [1.29, 1.82) is 4.78 Å². The Labute approximate surface area is 61.2 Å². The molecular weight excluding hydrogens is 148 g/mol. The van der Waals surface area contributed by atoms with E-state index in [1.807, 2.05) is 0 Å². The minimum atomic E-state index is -2.18. The van der Waals surface area contributed by atoms with Crippen molar-refractivity contribution < 1.29 is 4.21 Å². The van der Waals surface area contributed by atoms with Gasteiger partial charge in [-0.3, -0.25) is 4.78 Å². The van der Waals surface area contributed by atoms with Gasteiger partial charge in [0.2, 0.25) is 0 Å². The standard InChI is InChI=1S/C6H12N2OS/c7-10(9)4-2-6(5-10)1-3-8-6/h7-8H,1-5H2. The minimum absolute atomic E-state index is 0.138. The highest BCUT2D eigenvalue weighted by Gasteiger charge is 2.44. The molecular formula is C6H12N2OS. The van der Waals surface area contributed by atoms with Crippen LogP contribution in [0.5, 0.6) is 0 Å². The number of rotatable bonds is 0. The van der Waals surface area contributed by atoms with Gasteiger partial charge in [0.05, 0.1) is 0 Å². The molecule has 0 saturated carbocycles. The van der Waals surface area contributed by atoms with E-state index >= 15 is 0 Å². The second-order valence-corrected chi connectivity index (χ2v) is 5.69. The molecule has 58 valence electrons. The summed E-state index contributed by atoms with van der Waals surface area (Å²) in [4.78, 5) is 0. The van der Waals surface area contributed by atoms with Gasteiger partial charge in [-0.2, -0.15) is 0 Å². The molecule has 4 heteroatoms. The molecule has 2 heterocycles. The Kier molecular flexibility index (Phi) is 1.15. The van der Waals surface area contributed by atoms with E-state index in [0.29, 0.717) is 11.5 Å². The molecule has 3 nitrogen and oxygen atoms in total. The van der Waals surface area contributed by atoms with Crippen molar-refractivity contribution in [3.8, 4) is 0 Å². The van der Waals surface area contributed by atoms with Crippen LogP contribution in [-0.2, 0) is 9.73 Å². The topological polar surface area (TPSA) is 53.0 Å². The molecule has 10 heavy (non-hydrogen) atoms. The summed E-state index contributed by atoms with van der Waals surface area (Å²) < 4.78 is 18.6. The first kappa shape index (κ1) is 6.61. The van der Waals surface area contributed by atoms with Crippen LogP contribution in [0.4, 0.5) is 0 Å². The molecule has 2 atom stereocenters. The smallest absolute Gasteiger partial charge is 0.0498 e. The second-order valence-electron chi connectivity index (χ2n) is 3.37. The Balaban J connectivity index is 2.19. The Morgan fingerprint density at radius 2 is 2.20 bits per heavy atom. The van der Waals surface area contributed by atoms with Crippen molar-refractivity contribution in [3.63, 3.8) is 0 Å². The average molecular weight is 160 g/mol. The van der Waals surface area contributed by atoms with E-state index in [2.05, 4.69) is 5.32 Å². The summed E-state index contributed by atoms with van der Waals surface area (Å²) in [7, 11) is -2.18.